The van der Waals surface area contributed by atoms with E-state index in [9.17, 15) is 9.90 Å². The highest BCUT2D eigenvalue weighted by Gasteiger charge is 2.44. The van der Waals surface area contributed by atoms with Gasteiger partial charge in [-0.05, 0) is 44.4 Å². The zero-order valence-electron chi connectivity index (χ0n) is 17.5. The summed E-state index contributed by atoms with van der Waals surface area (Å²) in [4.78, 5) is 13.0. The third kappa shape index (κ3) is 4.85. The molecule has 1 heterocycles. The number of rotatable bonds is 8. The molecule has 2 aromatic carbocycles. The van der Waals surface area contributed by atoms with Crippen LogP contribution in [0.4, 0.5) is 0 Å². The van der Waals surface area contributed by atoms with Gasteiger partial charge < -0.3 is 9.84 Å². The molecule has 2 aromatic rings. The van der Waals surface area contributed by atoms with Crippen LogP contribution in [0.25, 0.3) is 0 Å². The van der Waals surface area contributed by atoms with Gasteiger partial charge in [-0.2, -0.15) is 5.10 Å². The molecule has 1 unspecified atom stereocenters. The Morgan fingerprint density at radius 2 is 1.86 bits per heavy atom. The van der Waals surface area contributed by atoms with E-state index in [0.717, 1.165) is 28.2 Å². The summed E-state index contributed by atoms with van der Waals surface area (Å²) < 4.78 is 5.68. The van der Waals surface area contributed by atoms with Gasteiger partial charge in [-0.3, -0.25) is 4.79 Å². The van der Waals surface area contributed by atoms with Crippen LogP contribution in [-0.2, 0) is 4.79 Å². The first kappa shape index (κ1) is 21.1. The molecule has 0 aliphatic carbocycles. The molecule has 1 N–H and O–H groups in total. The first-order valence-electron chi connectivity index (χ1n) is 10.3. The van der Waals surface area contributed by atoms with Gasteiger partial charge in [0.05, 0.1) is 24.5 Å². The van der Waals surface area contributed by atoms with Gasteiger partial charge in [-0.25, -0.2) is 5.01 Å². The summed E-state index contributed by atoms with van der Waals surface area (Å²) in [7, 11) is 0. The Morgan fingerprint density at radius 3 is 2.48 bits per heavy atom. The molecular formula is C24H30N2O3. The van der Waals surface area contributed by atoms with Crippen molar-refractivity contribution in [1.82, 2.24) is 5.01 Å². The molecule has 1 aliphatic heterocycles. The highest BCUT2D eigenvalue weighted by atomic mass is 16.5. The van der Waals surface area contributed by atoms with Crippen LogP contribution in [0, 0.1) is 13.8 Å². The van der Waals surface area contributed by atoms with E-state index in [2.05, 4.69) is 37.1 Å². The summed E-state index contributed by atoms with van der Waals surface area (Å²) in [5, 5.41) is 16.3. The monoisotopic (exact) mass is 394 g/mol. The molecule has 29 heavy (non-hydrogen) atoms. The molecule has 5 nitrogen and oxygen atoms in total. The molecule has 154 valence electrons. The van der Waals surface area contributed by atoms with Crippen molar-refractivity contribution < 1.29 is 14.6 Å². The zero-order chi connectivity index (χ0) is 20.9. The van der Waals surface area contributed by atoms with Gasteiger partial charge in [-0.15, -0.1) is 0 Å². The Morgan fingerprint density at radius 1 is 1.17 bits per heavy atom. The smallest absolute Gasteiger partial charge is 0.243 e. The molecule has 1 atom stereocenters. The van der Waals surface area contributed by atoms with Gasteiger partial charge in [0.15, 0.2) is 0 Å². The predicted octanol–water partition coefficient (Wildman–Crippen LogP) is 4.24. The van der Waals surface area contributed by atoms with Gasteiger partial charge in [0.2, 0.25) is 5.91 Å². The fraction of sp³-hybridized carbons (Fsp3) is 0.417. The van der Waals surface area contributed by atoms with Crippen molar-refractivity contribution in [1.29, 1.82) is 0 Å². The highest BCUT2D eigenvalue weighted by molar-refractivity contribution is 6.04. The average molecular weight is 395 g/mol. The Kier molecular flexibility index (Phi) is 6.70. The third-order valence-corrected chi connectivity index (χ3v) is 5.46. The van der Waals surface area contributed by atoms with Crippen LogP contribution in [0.15, 0.2) is 53.6 Å². The number of benzene rings is 2. The molecule has 0 saturated carbocycles. The SMILES string of the molecule is CCC1(CO)CC(c2cc(C)cc(C)c2)=NN1C(=O)CCCOc1ccccc1. The number of hydrogen-bond donors (Lipinski definition) is 1. The lowest BCUT2D eigenvalue weighted by atomic mass is 9.88. The van der Waals surface area contributed by atoms with E-state index in [1.54, 1.807) is 0 Å². The molecule has 0 fully saturated rings. The third-order valence-electron chi connectivity index (χ3n) is 5.46. The number of hydrogen-bond acceptors (Lipinski definition) is 4. The second-order valence-electron chi connectivity index (χ2n) is 7.81. The summed E-state index contributed by atoms with van der Waals surface area (Å²) in [6.07, 6.45) is 2.14. The molecule has 0 saturated heterocycles. The largest absolute Gasteiger partial charge is 0.494 e. The van der Waals surface area contributed by atoms with Crippen molar-refractivity contribution in [3.8, 4) is 5.75 Å². The summed E-state index contributed by atoms with van der Waals surface area (Å²) in [5.41, 5.74) is 3.55. The summed E-state index contributed by atoms with van der Waals surface area (Å²) >= 11 is 0. The number of nitrogens with zero attached hydrogens (tertiary/aromatic N) is 2. The summed E-state index contributed by atoms with van der Waals surface area (Å²) in [6, 6.07) is 15.9. The van der Waals surface area contributed by atoms with Crippen molar-refractivity contribution in [3.63, 3.8) is 0 Å². The number of para-hydroxylation sites is 1. The van der Waals surface area contributed by atoms with E-state index in [1.807, 2.05) is 37.3 Å². The van der Waals surface area contributed by atoms with Gasteiger partial charge in [0.1, 0.15) is 5.75 Å². The maximum absolute atomic E-state index is 13.0. The Balaban J connectivity index is 1.69. The zero-order valence-corrected chi connectivity index (χ0v) is 17.5. The maximum Gasteiger partial charge on any atom is 0.243 e. The molecule has 0 aromatic heterocycles. The topological polar surface area (TPSA) is 62.1 Å². The second kappa shape index (κ2) is 9.23. The first-order chi connectivity index (χ1) is 14.0. The quantitative estimate of drug-likeness (QED) is 0.681. The van der Waals surface area contributed by atoms with Crippen LogP contribution >= 0.6 is 0 Å². The molecule has 5 heteroatoms. The normalized spacial score (nSPS) is 18.6. The Bertz CT molecular complexity index is 853. The molecular weight excluding hydrogens is 364 g/mol. The van der Waals surface area contributed by atoms with Gasteiger partial charge in [0, 0.05) is 12.8 Å². The summed E-state index contributed by atoms with van der Waals surface area (Å²) in [5.74, 6) is 0.728. The van der Waals surface area contributed by atoms with Crippen LogP contribution in [0.3, 0.4) is 0 Å². The van der Waals surface area contributed by atoms with Crippen molar-refractivity contribution in [2.75, 3.05) is 13.2 Å². The summed E-state index contributed by atoms with van der Waals surface area (Å²) in [6.45, 7) is 6.47. The second-order valence-corrected chi connectivity index (χ2v) is 7.81. The molecule has 1 aliphatic rings. The fourth-order valence-corrected chi connectivity index (χ4v) is 3.82. The van der Waals surface area contributed by atoms with Crippen LogP contribution in [0.5, 0.6) is 5.75 Å². The van der Waals surface area contributed by atoms with Crippen LogP contribution in [0.1, 0.15) is 49.3 Å². The molecule has 0 spiro atoms. The lowest BCUT2D eigenvalue weighted by Crippen LogP contribution is -2.48. The number of aliphatic hydroxyl groups excluding tert-OH is 1. The van der Waals surface area contributed by atoms with E-state index >= 15 is 0 Å². The van der Waals surface area contributed by atoms with E-state index in [1.165, 1.54) is 5.01 Å². The standard InChI is InChI=1S/C24H30N2O3/c1-4-24(17-27)16-22(20-14-18(2)13-19(3)15-20)25-26(24)23(28)11-8-12-29-21-9-6-5-7-10-21/h5-7,9-10,13-15,27H,4,8,11-12,16-17H2,1-3H3. The number of aryl methyl sites for hydroxylation is 2. The van der Waals surface area contributed by atoms with E-state index in [4.69, 9.17) is 4.74 Å². The fourth-order valence-electron chi connectivity index (χ4n) is 3.82. The molecule has 1 amide bonds. The Labute approximate surface area is 173 Å². The lowest BCUT2D eigenvalue weighted by Gasteiger charge is -2.33. The minimum atomic E-state index is -0.662. The van der Waals surface area contributed by atoms with Crippen molar-refractivity contribution in [2.24, 2.45) is 5.10 Å². The number of aliphatic hydroxyl groups is 1. The maximum atomic E-state index is 13.0. The van der Waals surface area contributed by atoms with Gasteiger partial charge >= 0.3 is 0 Å². The Hall–Kier alpha value is -2.66. The predicted molar refractivity (Wildman–Crippen MR) is 115 cm³/mol. The number of carbonyl (C=O) groups is 1. The van der Waals surface area contributed by atoms with E-state index < -0.39 is 5.54 Å². The van der Waals surface area contributed by atoms with Gasteiger partial charge in [0.25, 0.3) is 0 Å². The van der Waals surface area contributed by atoms with Crippen molar-refractivity contribution in [2.45, 2.75) is 52.0 Å². The minimum Gasteiger partial charge on any atom is -0.494 e. The molecule has 0 radical (unpaired) electrons. The number of carbonyl (C=O) groups excluding carboxylic acids is 1. The lowest BCUT2D eigenvalue weighted by molar-refractivity contribution is -0.138. The van der Waals surface area contributed by atoms with Crippen molar-refractivity contribution >= 4 is 11.6 Å². The average Bonchev–Trinajstić information content (AvgIpc) is 3.12. The number of ether oxygens (including phenoxy) is 1. The van der Waals surface area contributed by atoms with E-state index in [0.29, 0.717) is 32.3 Å². The van der Waals surface area contributed by atoms with E-state index in [-0.39, 0.29) is 12.5 Å². The van der Waals surface area contributed by atoms with Crippen LogP contribution in [0.2, 0.25) is 0 Å². The molecule has 3 rings (SSSR count). The first-order valence-corrected chi connectivity index (χ1v) is 10.3. The number of amides is 1. The van der Waals surface area contributed by atoms with Crippen LogP contribution in [-0.4, -0.2) is 40.5 Å². The minimum absolute atomic E-state index is 0.0723. The molecule has 0 bridgehead atoms. The van der Waals surface area contributed by atoms with Gasteiger partial charge in [-0.1, -0.05) is 54.4 Å². The number of hydrazone groups is 1. The van der Waals surface area contributed by atoms with Crippen molar-refractivity contribution in [3.05, 3.63) is 65.2 Å². The highest BCUT2D eigenvalue weighted by Crippen LogP contribution is 2.34. The van der Waals surface area contributed by atoms with Crippen LogP contribution < -0.4 is 4.74 Å².